The second kappa shape index (κ2) is 29.5. The van der Waals surface area contributed by atoms with Gasteiger partial charge in [-0.15, -0.1) is 11.6 Å². The first kappa shape index (κ1) is 35.1. The molecule has 0 N–H and O–H groups in total. The molecule has 0 spiro atoms. The molecule has 0 aromatic rings. The van der Waals surface area contributed by atoms with Gasteiger partial charge in [0.25, 0.3) is 0 Å². The van der Waals surface area contributed by atoms with Crippen LogP contribution >= 0.6 is 11.6 Å². The van der Waals surface area contributed by atoms with Crippen molar-refractivity contribution in [3.8, 4) is 0 Å². The minimum atomic E-state index is 0. The number of hydrogen-bond donors (Lipinski definition) is 0. The number of quaternary nitrogens is 1. The number of alkyl halides is 1. The highest BCUT2D eigenvalue weighted by atomic mass is 35.5. The maximum absolute atomic E-state index is 5.60. The molecule has 0 amide bonds. The molecular formula is C27H59Cl2N. The largest absolute Gasteiger partial charge is 1.00 e. The topological polar surface area (TPSA) is 0 Å². The fourth-order valence-electron chi connectivity index (χ4n) is 3.66. The Labute approximate surface area is 204 Å². The number of hydrogen-bond acceptors (Lipinski definition) is 0. The molecule has 0 aromatic heterocycles. The Hall–Kier alpha value is 0.540. The third-order valence-electron chi connectivity index (χ3n) is 5.67. The summed E-state index contributed by atoms with van der Waals surface area (Å²) in [6.07, 6.45) is 28.3. The summed E-state index contributed by atoms with van der Waals surface area (Å²) < 4.78 is 1.12. The summed E-state index contributed by atoms with van der Waals surface area (Å²) in [6.45, 7) is 5.89. The molecule has 0 bridgehead atoms. The minimum Gasteiger partial charge on any atom is -1.00 e. The molecular weight excluding hydrogens is 409 g/mol. The van der Waals surface area contributed by atoms with Crippen molar-refractivity contribution in [3.63, 3.8) is 0 Å². The number of unbranched alkanes of at least 4 members (excludes halogenated alkanes) is 18. The van der Waals surface area contributed by atoms with Crippen LogP contribution in [0.3, 0.4) is 0 Å². The Balaban J connectivity index is -0.000000480. The lowest BCUT2D eigenvalue weighted by Crippen LogP contribution is -3.00. The van der Waals surface area contributed by atoms with E-state index in [9.17, 15) is 0 Å². The fourth-order valence-corrected chi connectivity index (χ4v) is 3.84. The Morgan fingerprint density at radius 3 is 0.967 bits per heavy atom. The van der Waals surface area contributed by atoms with Gasteiger partial charge in [-0.1, -0.05) is 123 Å². The van der Waals surface area contributed by atoms with E-state index < -0.39 is 0 Å². The lowest BCUT2D eigenvalue weighted by molar-refractivity contribution is -0.870. The second-order valence-electron chi connectivity index (χ2n) is 10.1. The van der Waals surface area contributed by atoms with Crippen LogP contribution in [0.5, 0.6) is 0 Å². The summed E-state index contributed by atoms with van der Waals surface area (Å²) in [5.74, 6) is 0.844. The zero-order valence-electron chi connectivity index (χ0n) is 21.8. The van der Waals surface area contributed by atoms with E-state index in [1.54, 1.807) is 0 Å². The second-order valence-corrected chi connectivity index (χ2v) is 10.4. The van der Waals surface area contributed by atoms with Gasteiger partial charge in [-0.25, -0.2) is 0 Å². The molecule has 30 heavy (non-hydrogen) atoms. The molecule has 186 valence electrons. The quantitative estimate of drug-likeness (QED) is 0.0991. The Morgan fingerprint density at radius 1 is 0.433 bits per heavy atom. The van der Waals surface area contributed by atoms with Crippen molar-refractivity contribution in [2.24, 2.45) is 0 Å². The molecule has 0 saturated carbocycles. The summed E-state index contributed by atoms with van der Waals surface area (Å²) in [5.41, 5.74) is 0. The minimum absolute atomic E-state index is 0. The van der Waals surface area contributed by atoms with E-state index >= 15 is 0 Å². The van der Waals surface area contributed by atoms with Crippen molar-refractivity contribution < 1.29 is 16.9 Å². The van der Waals surface area contributed by atoms with E-state index in [0.29, 0.717) is 0 Å². The molecule has 0 fully saturated rings. The van der Waals surface area contributed by atoms with Crippen LogP contribution in [0.25, 0.3) is 0 Å². The number of nitrogens with zero attached hydrogens (tertiary/aromatic N) is 1. The fraction of sp³-hybridized carbons (Fsp3) is 1.00. The van der Waals surface area contributed by atoms with E-state index in [1.165, 1.54) is 135 Å². The van der Waals surface area contributed by atoms with Crippen LogP contribution in [0.1, 0.15) is 142 Å². The smallest absolute Gasteiger partial charge is 0.0780 e. The Morgan fingerprint density at radius 2 is 0.700 bits per heavy atom. The third kappa shape index (κ3) is 39.1. The van der Waals surface area contributed by atoms with E-state index in [2.05, 4.69) is 35.0 Å². The summed E-state index contributed by atoms with van der Waals surface area (Å²) in [4.78, 5) is 0. The molecule has 0 unspecified atom stereocenters. The molecule has 0 atom stereocenters. The van der Waals surface area contributed by atoms with E-state index in [1.807, 2.05) is 0 Å². The monoisotopic (exact) mass is 467 g/mol. The zero-order chi connectivity index (χ0) is 22.1. The first-order chi connectivity index (χ1) is 14.0. The van der Waals surface area contributed by atoms with Crippen LogP contribution in [-0.2, 0) is 0 Å². The van der Waals surface area contributed by atoms with Crippen LogP contribution < -0.4 is 12.4 Å². The first-order valence-corrected chi connectivity index (χ1v) is 13.9. The number of rotatable bonds is 21. The van der Waals surface area contributed by atoms with Crippen LogP contribution in [0.2, 0.25) is 0 Å². The Bertz CT molecular complexity index is 267. The van der Waals surface area contributed by atoms with E-state index in [-0.39, 0.29) is 12.4 Å². The van der Waals surface area contributed by atoms with Gasteiger partial charge < -0.3 is 16.9 Å². The predicted octanol–water partition coefficient (Wildman–Crippen LogP) is 6.76. The van der Waals surface area contributed by atoms with Gasteiger partial charge in [0.15, 0.2) is 0 Å². The normalized spacial score (nSPS) is 11.0. The van der Waals surface area contributed by atoms with Gasteiger partial charge >= 0.3 is 0 Å². The lowest BCUT2D eigenvalue weighted by atomic mass is 10.1. The highest BCUT2D eigenvalue weighted by molar-refractivity contribution is 6.17. The van der Waals surface area contributed by atoms with E-state index in [0.717, 1.165) is 10.4 Å². The maximum atomic E-state index is 5.60. The van der Waals surface area contributed by atoms with Gasteiger partial charge in [-0.2, -0.15) is 0 Å². The average Bonchev–Trinajstić information content (AvgIpc) is 2.68. The van der Waals surface area contributed by atoms with Gasteiger partial charge in [0, 0.05) is 5.88 Å². The Kier molecular flexibility index (Phi) is 34.6. The molecule has 0 radical (unpaired) electrons. The van der Waals surface area contributed by atoms with Gasteiger partial charge in [-0.05, 0) is 19.3 Å². The highest BCUT2D eigenvalue weighted by Gasteiger charge is 2.04. The standard InChI is InChI=1S/C15H34N.C12H25Cl.ClH/c1-5-6-7-8-9-10-11-12-13-14-15-16(2,3)4;1-2-3-4-5-6-7-8-9-10-11-12-13;/h5-15H2,1-4H3;2-12H2,1H3;1H/q+1;;/p-1. The molecule has 0 aliphatic carbocycles. The van der Waals surface area contributed by atoms with E-state index in [4.69, 9.17) is 11.6 Å². The summed E-state index contributed by atoms with van der Waals surface area (Å²) >= 11 is 5.60. The molecule has 0 aromatic carbocycles. The van der Waals surface area contributed by atoms with Crippen LogP contribution in [0.4, 0.5) is 0 Å². The third-order valence-corrected chi connectivity index (χ3v) is 5.94. The van der Waals surface area contributed by atoms with Crippen molar-refractivity contribution >= 4 is 11.6 Å². The lowest BCUT2D eigenvalue weighted by Gasteiger charge is -2.23. The maximum Gasteiger partial charge on any atom is 0.0780 e. The molecule has 0 saturated heterocycles. The molecule has 0 rings (SSSR count). The van der Waals surface area contributed by atoms with Crippen molar-refractivity contribution in [1.82, 2.24) is 0 Å². The molecule has 0 heterocycles. The van der Waals surface area contributed by atoms with Crippen LogP contribution in [-0.4, -0.2) is 38.1 Å². The number of halogens is 2. The van der Waals surface area contributed by atoms with Gasteiger partial charge in [-0.3, -0.25) is 0 Å². The van der Waals surface area contributed by atoms with Crippen molar-refractivity contribution in [1.29, 1.82) is 0 Å². The van der Waals surface area contributed by atoms with Gasteiger partial charge in [0.05, 0.1) is 27.7 Å². The average molecular weight is 469 g/mol. The van der Waals surface area contributed by atoms with Crippen LogP contribution in [0.15, 0.2) is 0 Å². The summed E-state index contributed by atoms with van der Waals surface area (Å²) in [6, 6.07) is 0. The highest BCUT2D eigenvalue weighted by Crippen LogP contribution is 2.11. The molecule has 0 aliphatic rings. The van der Waals surface area contributed by atoms with Gasteiger partial charge in [0.1, 0.15) is 0 Å². The van der Waals surface area contributed by atoms with Gasteiger partial charge in [0.2, 0.25) is 0 Å². The van der Waals surface area contributed by atoms with Crippen molar-refractivity contribution in [2.45, 2.75) is 142 Å². The summed E-state index contributed by atoms with van der Waals surface area (Å²) in [7, 11) is 6.86. The zero-order valence-corrected chi connectivity index (χ0v) is 23.3. The molecule has 0 aliphatic heterocycles. The summed E-state index contributed by atoms with van der Waals surface area (Å²) in [5, 5.41) is 0. The molecule has 1 nitrogen and oxygen atoms in total. The molecule has 3 heteroatoms. The van der Waals surface area contributed by atoms with Crippen molar-refractivity contribution in [2.75, 3.05) is 33.6 Å². The predicted molar refractivity (Wildman–Crippen MR) is 137 cm³/mol. The first-order valence-electron chi connectivity index (χ1n) is 13.3. The van der Waals surface area contributed by atoms with Crippen LogP contribution in [0, 0.1) is 0 Å². The SMILES string of the molecule is CCCCCCCCCCCCCl.CCCCCCCCCCCC[N+](C)(C)C.[Cl-]. The van der Waals surface area contributed by atoms with Crippen molar-refractivity contribution in [3.05, 3.63) is 0 Å².